The summed E-state index contributed by atoms with van der Waals surface area (Å²) in [5.74, 6) is -1.97. The minimum atomic E-state index is -2.79. The highest BCUT2D eigenvalue weighted by Gasteiger charge is 2.39. The van der Waals surface area contributed by atoms with Crippen LogP contribution in [0.4, 0.5) is 11.4 Å². The molecule has 0 radical (unpaired) electrons. The quantitative estimate of drug-likeness (QED) is 0.0882. The van der Waals surface area contributed by atoms with E-state index < -0.39 is 36.2 Å². The molecular formula is C45H42N3O3P. The fourth-order valence-corrected chi connectivity index (χ4v) is 9.94. The second-order valence-corrected chi connectivity index (χ2v) is 16.6. The molecule has 0 aliphatic heterocycles. The number of ketones is 1. The average Bonchev–Trinajstić information content (AvgIpc) is 3.17. The maximum Gasteiger partial charge on any atom is 0.300 e. The molecule has 6 rings (SSSR count). The van der Waals surface area contributed by atoms with Gasteiger partial charge in [0.25, 0.3) is 11.7 Å². The standard InChI is InChI=1S/C45H42N3O3P/c1-33-21-17-20-32-40(33)48(44(51)42(49)34-22-9-5-10-23-34)41(43(50)46-45(2,3)4)38-30-18-19-31-39(38)47-52(35-24-11-6-12-25-35,36-26-13-7-14-27-36)37-28-15-8-16-29-37/h5-32,41H,1-4H3,(H,46,50). The third-order valence-corrected chi connectivity index (χ3v) is 12.4. The van der Waals surface area contributed by atoms with E-state index in [1.54, 1.807) is 42.5 Å². The monoisotopic (exact) mass is 703 g/mol. The predicted molar refractivity (Wildman–Crippen MR) is 214 cm³/mol. The number of nitrogens with one attached hydrogen (secondary N) is 1. The lowest BCUT2D eigenvalue weighted by Crippen LogP contribution is -2.51. The first-order valence-corrected chi connectivity index (χ1v) is 19.0. The van der Waals surface area contributed by atoms with E-state index in [4.69, 9.17) is 4.74 Å². The summed E-state index contributed by atoms with van der Waals surface area (Å²) in [4.78, 5) is 44.9. The molecule has 6 nitrogen and oxygen atoms in total. The number of Topliss-reactive ketones (excluding diaryl/α,β-unsaturated/α-hetero) is 1. The molecule has 0 saturated carbocycles. The Morgan fingerprint density at radius 2 is 1.04 bits per heavy atom. The van der Waals surface area contributed by atoms with Crippen molar-refractivity contribution in [3.8, 4) is 0 Å². The van der Waals surface area contributed by atoms with Crippen molar-refractivity contribution < 1.29 is 14.4 Å². The molecule has 1 unspecified atom stereocenters. The van der Waals surface area contributed by atoms with Gasteiger partial charge in [-0.2, -0.15) is 0 Å². The highest BCUT2D eigenvalue weighted by molar-refractivity contribution is 7.87. The zero-order valence-corrected chi connectivity index (χ0v) is 30.7. The zero-order valence-electron chi connectivity index (χ0n) is 29.8. The Morgan fingerprint density at radius 3 is 1.54 bits per heavy atom. The van der Waals surface area contributed by atoms with E-state index in [0.29, 0.717) is 16.9 Å². The number of amides is 2. The molecule has 0 fully saturated rings. The van der Waals surface area contributed by atoms with E-state index in [2.05, 4.69) is 41.7 Å². The van der Waals surface area contributed by atoms with Crippen molar-refractivity contribution in [2.75, 3.05) is 4.90 Å². The van der Waals surface area contributed by atoms with Crippen LogP contribution < -0.4 is 26.1 Å². The Morgan fingerprint density at radius 1 is 0.596 bits per heavy atom. The molecule has 0 heterocycles. The number of hydrogen-bond donors (Lipinski definition) is 1. The minimum absolute atomic E-state index is 0.237. The van der Waals surface area contributed by atoms with Gasteiger partial charge in [0, 0.05) is 38.3 Å². The predicted octanol–water partition coefficient (Wildman–Crippen LogP) is 8.68. The summed E-state index contributed by atoms with van der Waals surface area (Å²) in [5.41, 5.74) is 1.81. The fourth-order valence-electron chi connectivity index (χ4n) is 6.38. The van der Waals surface area contributed by atoms with Crippen LogP contribution in [0.5, 0.6) is 0 Å². The number of carbonyl (C=O) groups is 3. The summed E-state index contributed by atoms with van der Waals surface area (Å²) in [6.07, 6.45) is 0. The summed E-state index contributed by atoms with van der Waals surface area (Å²) >= 11 is 0. The first-order valence-electron chi connectivity index (χ1n) is 17.3. The van der Waals surface area contributed by atoms with Gasteiger partial charge in [-0.05, 0) is 45.4 Å². The Hall–Kier alpha value is -5.84. The number of aryl methyl sites for hydroxylation is 1. The van der Waals surface area contributed by atoms with Gasteiger partial charge in [0.05, 0.1) is 12.7 Å². The van der Waals surface area contributed by atoms with Gasteiger partial charge in [-0.15, -0.1) is 0 Å². The summed E-state index contributed by atoms with van der Waals surface area (Å²) in [5, 5.41) is 6.22. The Labute approximate surface area is 306 Å². The molecule has 6 aromatic carbocycles. The topological polar surface area (TPSA) is 78.8 Å². The SMILES string of the molecule is Cc1ccccc1N(C(=O)C(=O)c1ccccc1)C(C(=O)NC(C)(C)C)c1ccccc1N=P(c1ccccc1)(c1ccccc1)c1ccccc1. The highest BCUT2D eigenvalue weighted by Crippen LogP contribution is 2.51. The van der Waals surface area contributed by atoms with Crippen LogP contribution in [-0.4, -0.2) is 23.1 Å². The third-order valence-electron chi connectivity index (χ3n) is 8.71. The number of hydrogen-bond acceptors (Lipinski definition) is 4. The van der Waals surface area contributed by atoms with E-state index >= 15 is 0 Å². The molecule has 6 aromatic rings. The smallest absolute Gasteiger partial charge is 0.300 e. The lowest BCUT2D eigenvalue weighted by molar-refractivity contribution is -0.126. The molecule has 0 aromatic heterocycles. The Bertz CT molecular complexity index is 2130. The fraction of sp³-hybridized carbons (Fsp3) is 0.133. The van der Waals surface area contributed by atoms with E-state index in [1.807, 2.05) is 119 Å². The van der Waals surface area contributed by atoms with Crippen molar-refractivity contribution >= 4 is 51.9 Å². The number of rotatable bonds is 10. The van der Waals surface area contributed by atoms with Crippen molar-refractivity contribution in [3.05, 3.63) is 187 Å². The molecule has 0 spiro atoms. The molecule has 0 aliphatic carbocycles. The van der Waals surface area contributed by atoms with Crippen molar-refractivity contribution in [2.24, 2.45) is 4.74 Å². The summed E-state index contributed by atoms with van der Waals surface area (Å²) in [6, 6.07) is 52.7. The summed E-state index contributed by atoms with van der Waals surface area (Å²) < 4.78 is 5.77. The van der Waals surface area contributed by atoms with Gasteiger partial charge in [-0.25, -0.2) is 0 Å². The largest absolute Gasteiger partial charge is 0.349 e. The van der Waals surface area contributed by atoms with Crippen LogP contribution in [0.3, 0.4) is 0 Å². The normalized spacial score (nSPS) is 12.0. The van der Waals surface area contributed by atoms with Crippen molar-refractivity contribution in [2.45, 2.75) is 39.3 Å². The van der Waals surface area contributed by atoms with Gasteiger partial charge < -0.3 is 5.32 Å². The molecule has 2 amide bonds. The molecule has 1 atom stereocenters. The van der Waals surface area contributed by atoms with Crippen LogP contribution in [0.25, 0.3) is 0 Å². The second-order valence-electron chi connectivity index (χ2n) is 13.6. The van der Waals surface area contributed by atoms with Gasteiger partial charge in [0.2, 0.25) is 5.91 Å². The lowest BCUT2D eigenvalue weighted by atomic mass is 9.97. The molecule has 0 aliphatic rings. The number of anilines is 1. The van der Waals surface area contributed by atoms with E-state index in [0.717, 1.165) is 21.5 Å². The highest BCUT2D eigenvalue weighted by atomic mass is 31.2. The van der Waals surface area contributed by atoms with Crippen LogP contribution >= 0.6 is 7.05 Å². The molecule has 0 bridgehead atoms. The molecule has 7 heteroatoms. The molecule has 1 N–H and O–H groups in total. The number of carbonyl (C=O) groups excluding carboxylic acids is 3. The van der Waals surface area contributed by atoms with Crippen LogP contribution in [0.15, 0.2) is 175 Å². The Balaban J connectivity index is 1.69. The average molecular weight is 704 g/mol. The van der Waals surface area contributed by atoms with Gasteiger partial charge in [-0.3, -0.25) is 24.0 Å². The van der Waals surface area contributed by atoms with Crippen LogP contribution in [-0.2, 0) is 9.59 Å². The molecule has 260 valence electrons. The molecular weight excluding hydrogens is 661 g/mol. The van der Waals surface area contributed by atoms with Crippen LogP contribution in [0.1, 0.15) is 48.3 Å². The van der Waals surface area contributed by atoms with Gasteiger partial charge >= 0.3 is 0 Å². The number of benzene rings is 6. The first-order chi connectivity index (χ1) is 25.1. The molecule has 52 heavy (non-hydrogen) atoms. The van der Waals surface area contributed by atoms with Crippen molar-refractivity contribution in [1.29, 1.82) is 0 Å². The zero-order chi connectivity index (χ0) is 36.7. The van der Waals surface area contributed by atoms with E-state index in [9.17, 15) is 14.4 Å². The van der Waals surface area contributed by atoms with Gasteiger partial charge in [0.1, 0.15) is 6.04 Å². The minimum Gasteiger partial charge on any atom is -0.349 e. The van der Waals surface area contributed by atoms with Gasteiger partial charge in [0.15, 0.2) is 0 Å². The number of nitrogens with zero attached hydrogens (tertiary/aromatic N) is 2. The van der Waals surface area contributed by atoms with E-state index in [-0.39, 0.29) is 5.56 Å². The van der Waals surface area contributed by atoms with Crippen molar-refractivity contribution in [3.63, 3.8) is 0 Å². The summed E-state index contributed by atoms with van der Waals surface area (Å²) in [6.45, 7) is 7.55. The van der Waals surface area contributed by atoms with Gasteiger partial charge in [-0.1, -0.05) is 158 Å². The summed E-state index contributed by atoms with van der Waals surface area (Å²) in [7, 11) is -2.79. The third kappa shape index (κ3) is 7.58. The van der Waals surface area contributed by atoms with Crippen LogP contribution in [0.2, 0.25) is 0 Å². The number of para-hydroxylation sites is 1. The van der Waals surface area contributed by atoms with E-state index in [1.165, 1.54) is 4.90 Å². The maximum atomic E-state index is 14.8. The maximum absolute atomic E-state index is 14.8. The second kappa shape index (κ2) is 15.6. The van der Waals surface area contributed by atoms with Crippen molar-refractivity contribution in [1.82, 2.24) is 5.32 Å². The first kappa shape index (κ1) is 36.0. The molecule has 0 saturated heterocycles. The Kier molecular flexibility index (Phi) is 10.8. The van der Waals surface area contributed by atoms with Crippen LogP contribution in [0, 0.1) is 6.92 Å². The lowest BCUT2D eigenvalue weighted by Gasteiger charge is -2.35.